The van der Waals surface area contributed by atoms with Crippen molar-refractivity contribution in [2.45, 2.75) is 45.6 Å². The summed E-state index contributed by atoms with van der Waals surface area (Å²) in [4.78, 5) is 4.30. The minimum atomic E-state index is -0.164. The van der Waals surface area contributed by atoms with E-state index in [9.17, 15) is 4.39 Å². The Balaban J connectivity index is 0.00000312. The molecule has 1 saturated carbocycles. The van der Waals surface area contributed by atoms with Gasteiger partial charge in [-0.25, -0.2) is 4.39 Å². The third-order valence-corrected chi connectivity index (χ3v) is 5.04. The predicted octanol–water partition coefficient (Wildman–Crippen LogP) is 4.01. The lowest BCUT2D eigenvalue weighted by Gasteiger charge is -2.30. The van der Waals surface area contributed by atoms with Crippen molar-refractivity contribution in [1.82, 2.24) is 10.6 Å². The molecular formula is C19H31FIN3O. The number of benzene rings is 1. The van der Waals surface area contributed by atoms with Gasteiger partial charge in [0.1, 0.15) is 5.82 Å². The molecule has 0 saturated heterocycles. The highest BCUT2D eigenvalue weighted by Crippen LogP contribution is 2.40. The lowest BCUT2D eigenvalue weighted by Crippen LogP contribution is -2.43. The topological polar surface area (TPSA) is 45.7 Å². The zero-order valence-corrected chi connectivity index (χ0v) is 17.9. The summed E-state index contributed by atoms with van der Waals surface area (Å²) < 4.78 is 18.6. The van der Waals surface area contributed by atoms with Crippen molar-refractivity contribution in [3.63, 3.8) is 0 Å². The van der Waals surface area contributed by atoms with Gasteiger partial charge in [-0.3, -0.25) is 4.99 Å². The van der Waals surface area contributed by atoms with E-state index in [0.717, 1.165) is 31.1 Å². The van der Waals surface area contributed by atoms with Gasteiger partial charge in [0.05, 0.1) is 0 Å². The van der Waals surface area contributed by atoms with Crippen LogP contribution < -0.4 is 10.6 Å². The number of hydrogen-bond acceptors (Lipinski definition) is 2. The van der Waals surface area contributed by atoms with Crippen molar-refractivity contribution in [3.8, 4) is 0 Å². The predicted molar refractivity (Wildman–Crippen MR) is 112 cm³/mol. The van der Waals surface area contributed by atoms with E-state index in [1.165, 1.54) is 31.7 Å². The second-order valence-electron chi connectivity index (χ2n) is 6.81. The van der Waals surface area contributed by atoms with Gasteiger partial charge in [0.2, 0.25) is 0 Å². The Hall–Kier alpha value is -0.890. The molecule has 0 bridgehead atoms. The van der Waals surface area contributed by atoms with Crippen LogP contribution in [0.3, 0.4) is 0 Å². The van der Waals surface area contributed by atoms with E-state index in [-0.39, 0.29) is 29.8 Å². The largest absolute Gasteiger partial charge is 0.385 e. The van der Waals surface area contributed by atoms with Gasteiger partial charge in [-0.05, 0) is 48.8 Å². The molecule has 0 radical (unpaired) electrons. The molecular weight excluding hydrogens is 432 g/mol. The molecule has 1 aliphatic rings. The maximum absolute atomic E-state index is 13.3. The van der Waals surface area contributed by atoms with Crippen LogP contribution in [-0.2, 0) is 11.3 Å². The van der Waals surface area contributed by atoms with E-state index in [1.807, 2.05) is 6.07 Å². The van der Waals surface area contributed by atoms with Gasteiger partial charge in [0, 0.05) is 33.9 Å². The van der Waals surface area contributed by atoms with Gasteiger partial charge in [-0.1, -0.05) is 25.0 Å². The molecule has 0 amide bonds. The zero-order valence-electron chi connectivity index (χ0n) is 15.5. The molecule has 1 aromatic rings. The number of aliphatic imine (C=N–C) groups is 1. The third kappa shape index (κ3) is 6.73. The van der Waals surface area contributed by atoms with Crippen molar-refractivity contribution in [3.05, 3.63) is 35.1 Å². The van der Waals surface area contributed by atoms with E-state index in [1.54, 1.807) is 27.1 Å². The van der Waals surface area contributed by atoms with Gasteiger partial charge in [-0.2, -0.15) is 0 Å². The van der Waals surface area contributed by atoms with Gasteiger partial charge in [0.25, 0.3) is 0 Å². The summed E-state index contributed by atoms with van der Waals surface area (Å²) in [7, 11) is 3.54. The fourth-order valence-electron chi connectivity index (χ4n) is 3.45. The number of halogens is 2. The summed E-state index contributed by atoms with van der Waals surface area (Å²) in [6, 6.07) is 5.19. The number of ether oxygens (including phenoxy) is 1. The number of nitrogens with zero attached hydrogens (tertiary/aromatic N) is 1. The van der Waals surface area contributed by atoms with Crippen molar-refractivity contribution in [2.24, 2.45) is 10.4 Å². The highest BCUT2D eigenvalue weighted by Gasteiger charge is 2.33. The average molecular weight is 463 g/mol. The normalized spacial score (nSPS) is 16.4. The number of methoxy groups -OCH3 is 1. The van der Waals surface area contributed by atoms with Crippen LogP contribution in [0.2, 0.25) is 0 Å². The molecule has 0 heterocycles. The second kappa shape index (κ2) is 11.0. The molecule has 142 valence electrons. The Bertz CT molecular complexity index is 560. The second-order valence-corrected chi connectivity index (χ2v) is 6.81. The fourth-order valence-corrected chi connectivity index (χ4v) is 3.45. The maximum Gasteiger partial charge on any atom is 0.191 e. The van der Waals surface area contributed by atoms with Crippen LogP contribution >= 0.6 is 24.0 Å². The quantitative estimate of drug-likeness (QED) is 0.365. The van der Waals surface area contributed by atoms with Crippen molar-refractivity contribution < 1.29 is 9.13 Å². The average Bonchev–Trinajstić information content (AvgIpc) is 3.05. The molecule has 25 heavy (non-hydrogen) atoms. The maximum atomic E-state index is 13.3. The SMILES string of the molecule is CN=C(NCc1ccc(F)c(C)c1)NCC1(CCOC)CCCC1.I. The molecule has 0 atom stereocenters. The van der Waals surface area contributed by atoms with Crippen LogP contribution in [0, 0.1) is 18.2 Å². The minimum Gasteiger partial charge on any atom is -0.385 e. The van der Waals surface area contributed by atoms with Crippen LogP contribution in [0.1, 0.15) is 43.2 Å². The Morgan fingerprint density at radius 2 is 2.00 bits per heavy atom. The molecule has 1 fully saturated rings. The van der Waals surface area contributed by atoms with Crippen molar-refractivity contribution in [2.75, 3.05) is 27.3 Å². The summed E-state index contributed by atoms with van der Waals surface area (Å²) in [5.74, 6) is 0.628. The van der Waals surface area contributed by atoms with E-state index in [4.69, 9.17) is 4.74 Å². The molecule has 0 aromatic heterocycles. The van der Waals surface area contributed by atoms with Gasteiger partial charge >= 0.3 is 0 Å². The third-order valence-electron chi connectivity index (χ3n) is 5.04. The Labute approximate surface area is 168 Å². The number of hydrogen-bond donors (Lipinski definition) is 2. The van der Waals surface area contributed by atoms with Crippen LogP contribution in [0.5, 0.6) is 0 Å². The lowest BCUT2D eigenvalue weighted by atomic mass is 9.83. The van der Waals surface area contributed by atoms with Crippen molar-refractivity contribution in [1.29, 1.82) is 0 Å². The molecule has 2 rings (SSSR count). The van der Waals surface area contributed by atoms with Crippen LogP contribution in [-0.4, -0.2) is 33.3 Å². The van der Waals surface area contributed by atoms with E-state index in [2.05, 4.69) is 15.6 Å². The van der Waals surface area contributed by atoms with Crippen molar-refractivity contribution >= 4 is 29.9 Å². The summed E-state index contributed by atoms with van der Waals surface area (Å²) in [5, 5.41) is 6.78. The van der Waals surface area contributed by atoms with Gasteiger partial charge < -0.3 is 15.4 Å². The first kappa shape index (κ1) is 22.2. The first-order valence-corrected chi connectivity index (χ1v) is 8.77. The summed E-state index contributed by atoms with van der Waals surface area (Å²) in [6.07, 6.45) is 6.18. The molecule has 0 aliphatic heterocycles. The number of guanidine groups is 1. The van der Waals surface area contributed by atoms with E-state index < -0.39 is 0 Å². The van der Waals surface area contributed by atoms with Gasteiger partial charge in [0.15, 0.2) is 5.96 Å². The number of aryl methyl sites for hydroxylation is 1. The fraction of sp³-hybridized carbons (Fsp3) is 0.632. The molecule has 0 unspecified atom stereocenters. The monoisotopic (exact) mass is 463 g/mol. The van der Waals surface area contributed by atoms with Crippen LogP contribution in [0.4, 0.5) is 4.39 Å². The lowest BCUT2D eigenvalue weighted by molar-refractivity contribution is 0.138. The Morgan fingerprint density at radius 1 is 1.28 bits per heavy atom. The minimum absolute atomic E-state index is 0. The first-order valence-electron chi connectivity index (χ1n) is 8.77. The molecule has 1 aromatic carbocycles. The summed E-state index contributed by atoms with van der Waals surface area (Å²) in [6.45, 7) is 4.14. The highest BCUT2D eigenvalue weighted by atomic mass is 127. The molecule has 0 spiro atoms. The Kier molecular flexibility index (Phi) is 9.71. The van der Waals surface area contributed by atoms with E-state index >= 15 is 0 Å². The number of rotatable bonds is 7. The summed E-state index contributed by atoms with van der Waals surface area (Å²) in [5.41, 5.74) is 2.04. The molecule has 1 aliphatic carbocycles. The number of nitrogens with one attached hydrogen (secondary N) is 2. The first-order chi connectivity index (χ1) is 11.6. The molecule has 2 N–H and O–H groups in total. The molecule has 6 heteroatoms. The van der Waals surface area contributed by atoms with Gasteiger partial charge in [-0.15, -0.1) is 24.0 Å². The molecule has 4 nitrogen and oxygen atoms in total. The summed E-state index contributed by atoms with van der Waals surface area (Å²) >= 11 is 0. The van der Waals surface area contributed by atoms with Crippen LogP contribution in [0.15, 0.2) is 23.2 Å². The zero-order chi connectivity index (χ0) is 17.4. The van der Waals surface area contributed by atoms with Crippen LogP contribution in [0.25, 0.3) is 0 Å². The standard InChI is InChI=1S/C19H30FN3O.HI/c1-15-12-16(6-7-17(15)20)13-22-18(21-2)23-14-19(10-11-24-3)8-4-5-9-19;/h6-7,12H,4-5,8-11,13-14H2,1-3H3,(H2,21,22,23);1H. The smallest absolute Gasteiger partial charge is 0.191 e. The highest BCUT2D eigenvalue weighted by molar-refractivity contribution is 14.0. The van der Waals surface area contributed by atoms with E-state index in [0.29, 0.717) is 17.5 Å². The Morgan fingerprint density at radius 3 is 2.60 bits per heavy atom.